The molecule has 3 rings (SSSR count). The van der Waals surface area contributed by atoms with Gasteiger partial charge in [-0.15, -0.1) is 0 Å². The van der Waals surface area contributed by atoms with Gasteiger partial charge < -0.3 is 15.0 Å². The minimum absolute atomic E-state index is 0.0309. The van der Waals surface area contributed by atoms with Crippen LogP contribution in [0.2, 0.25) is 0 Å². The second-order valence-electron chi connectivity index (χ2n) is 7.88. The van der Waals surface area contributed by atoms with Crippen LogP contribution in [0, 0.1) is 0 Å². The fourth-order valence-electron chi connectivity index (χ4n) is 4.12. The third kappa shape index (κ3) is 5.24. The van der Waals surface area contributed by atoms with Gasteiger partial charge in [-0.05, 0) is 41.7 Å². The van der Waals surface area contributed by atoms with E-state index in [1.54, 1.807) is 7.11 Å². The summed E-state index contributed by atoms with van der Waals surface area (Å²) in [6, 6.07) is 14.5. The number of rotatable bonds is 11. The first-order chi connectivity index (χ1) is 14.7. The second-order valence-corrected chi connectivity index (χ2v) is 7.88. The number of hydrogen-bond acceptors (Lipinski definition) is 2. The average Bonchev–Trinajstić information content (AvgIpc) is 3.21. The fourth-order valence-corrected chi connectivity index (χ4v) is 4.12. The first-order valence-corrected chi connectivity index (χ1v) is 11.2. The molecule has 0 aliphatic heterocycles. The number of carbonyl (C=O) groups excluding carboxylic acids is 1. The molecule has 0 radical (unpaired) electrons. The Morgan fingerprint density at radius 1 is 1.10 bits per heavy atom. The maximum absolute atomic E-state index is 12.8. The minimum atomic E-state index is -0.0309. The van der Waals surface area contributed by atoms with Gasteiger partial charge >= 0.3 is 0 Å². The van der Waals surface area contributed by atoms with Gasteiger partial charge in [-0.3, -0.25) is 4.79 Å². The monoisotopic (exact) mass is 406 g/mol. The highest BCUT2D eigenvalue weighted by molar-refractivity contribution is 5.88. The fraction of sp³-hybridized carbons (Fsp3) is 0.423. The van der Waals surface area contributed by atoms with Crippen LogP contribution in [0.25, 0.3) is 10.9 Å². The number of para-hydroxylation sites is 1. The topological polar surface area (TPSA) is 54.1 Å². The molecular formula is C26H34N2O2. The van der Waals surface area contributed by atoms with E-state index < -0.39 is 0 Å². The number of unbranched alkanes of at least 4 members (excludes halogenated alkanes) is 3. The van der Waals surface area contributed by atoms with Gasteiger partial charge in [0.2, 0.25) is 5.91 Å². The van der Waals surface area contributed by atoms with Crippen LogP contribution in [0.5, 0.6) is 5.75 Å². The van der Waals surface area contributed by atoms with Crippen LogP contribution in [-0.2, 0) is 11.2 Å². The van der Waals surface area contributed by atoms with E-state index in [1.807, 2.05) is 18.2 Å². The number of aromatic amines is 1. The molecule has 0 fully saturated rings. The van der Waals surface area contributed by atoms with Crippen molar-refractivity contribution in [2.75, 3.05) is 13.7 Å². The standard InChI is InChI=1S/C26H34N2O2/c1-4-6-7-8-15-27-25(29)17-23(20-12-9-13-21(16-20)30-3)24-18-28-26-19(5-2)11-10-14-22(24)26/h9-14,16,18,23,28H,4-8,15,17H2,1-3H3,(H,27,29). The summed E-state index contributed by atoms with van der Waals surface area (Å²) >= 11 is 0. The molecule has 2 N–H and O–H groups in total. The highest BCUT2D eigenvalue weighted by Crippen LogP contribution is 2.35. The van der Waals surface area contributed by atoms with E-state index in [0.29, 0.717) is 6.42 Å². The molecule has 4 nitrogen and oxygen atoms in total. The first-order valence-electron chi connectivity index (χ1n) is 11.2. The summed E-state index contributed by atoms with van der Waals surface area (Å²) < 4.78 is 5.45. The number of hydrogen-bond donors (Lipinski definition) is 2. The molecule has 160 valence electrons. The van der Waals surface area contributed by atoms with Crippen LogP contribution in [0.4, 0.5) is 0 Å². The number of benzene rings is 2. The van der Waals surface area contributed by atoms with Crippen LogP contribution < -0.4 is 10.1 Å². The predicted octanol–water partition coefficient (Wildman–Crippen LogP) is 5.96. The third-order valence-corrected chi connectivity index (χ3v) is 5.83. The number of H-pyrrole nitrogens is 1. The number of ether oxygens (including phenoxy) is 1. The lowest BCUT2D eigenvalue weighted by atomic mass is 9.87. The Labute approximate surface area is 180 Å². The van der Waals surface area contributed by atoms with Gasteiger partial charge in [-0.1, -0.05) is 63.4 Å². The Morgan fingerprint density at radius 3 is 2.70 bits per heavy atom. The van der Waals surface area contributed by atoms with Gasteiger partial charge in [-0.25, -0.2) is 0 Å². The molecule has 30 heavy (non-hydrogen) atoms. The van der Waals surface area contributed by atoms with E-state index in [-0.39, 0.29) is 11.8 Å². The normalized spacial score (nSPS) is 12.1. The van der Waals surface area contributed by atoms with Gasteiger partial charge in [0.05, 0.1) is 7.11 Å². The van der Waals surface area contributed by atoms with Gasteiger partial charge in [-0.2, -0.15) is 0 Å². The molecule has 1 aromatic heterocycles. The van der Waals surface area contributed by atoms with Crippen LogP contribution in [-0.4, -0.2) is 24.5 Å². The molecule has 1 atom stereocenters. The molecule has 0 spiro atoms. The van der Waals surface area contributed by atoms with E-state index >= 15 is 0 Å². The van der Waals surface area contributed by atoms with Gasteiger partial charge in [0.15, 0.2) is 0 Å². The van der Waals surface area contributed by atoms with E-state index in [1.165, 1.54) is 35.7 Å². The SMILES string of the molecule is CCCCCCNC(=O)CC(c1cccc(OC)c1)c1c[nH]c2c(CC)cccc12. The molecule has 0 saturated heterocycles. The van der Waals surface area contributed by atoms with Crippen molar-refractivity contribution < 1.29 is 9.53 Å². The van der Waals surface area contributed by atoms with Crippen molar-refractivity contribution >= 4 is 16.8 Å². The van der Waals surface area contributed by atoms with Crippen LogP contribution in [0.15, 0.2) is 48.7 Å². The summed E-state index contributed by atoms with van der Waals surface area (Å²) in [6.45, 7) is 5.11. The molecule has 0 aliphatic carbocycles. The summed E-state index contributed by atoms with van der Waals surface area (Å²) in [6.07, 6.45) is 8.09. The summed E-state index contributed by atoms with van der Waals surface area (Å²) in [5.41, 5.74) is 4.72. The molecule has 0 aliphatic rings. The highest BCUT2D eigenvalue weighted by atomic mass is 16.5. The second kappa shape index (κ2) is 10.9. The third-order valence-electron chi connectivity index (χ3n) is 5.83. The zero-order valence-electron chi connectivity index (χ0n) is 18.5. The maximum atomic E-state index is 12.8. The number of aryl methyl sites for hydroxylation is 1. The molecule has 1 unspecified atom stereocenters. The number of fused-ring (bicyclic) bond motifs is 1. The van der Waals surface area contributed by atoms with Crippen LogP contribution in [0.1, 0.15) is 68.6 Å². The van der Waals surface area contributed by atoms with E-state index in [2.05, 4.69) is 54.6 Å². The van der Waals surface area contributed by atoms with Crippen LogP contribution >= 0.6 is 0 Å². The van der Waals surface area contributed by atoms with E-state index in [9.17, 15) is 4.79 Å². The van der Waals surface area contributed by atoms with Crippen molar-refractivity contribution in [1.29, 1.82) is 0 Å². The minimum Gasteiger partial charge on any atom is -0.497 e. The molecular weight excluding hydrogens is 372 g/mol. The summed E-state index contributed by atoms with van der Waals surface area (Å²) in [4.78, 5) is 16.3. The summed E-state index contributed by atoms with van der Waals surface area (Å²) in [5, 5.41) is 4.32. The van der Waals surface area contributed by atoms with Crippen molar-refractivity contribution in [2.45, 2.75) is 58.3 Å². The van der Waals surface area contributed by atoms with Crippen molar-refractivity contribution in [3.8, 4) is 5.75 Å². The molecule has 4 heteroatoms. The maximum Gasteiger partial charge on any atom is 0.220 e. The quantitative estimate of drug-likeness (QED) is 0.386. The number of nitrogens with one attached hydrogen (secondary N) is 2. The summed E-state index contributed by atoms with van der Waals surface area (Å²) in [7, 11) is 1.68. The number of methoxy groups -OCH3 is 1. The van der Waals surface area contributed by atoms with Crippen molar-refractivity contribution in [3.05, 3.63) is 65.4 Å². The van der Waals surface area contributed by atoms with Gasteiger partial charge in [0.1, 0.15) is 5.75 Å². The predicted molar refractivity (Wildman–Crippen MR) is 124 cm³/mol. The molecule has 1 heterocycles. The molecule has 0 saturated carbocycles. The van der Waals surface area contributed by atoms with Crippen LogP contribution in [0.3, 0.4) is 0 Å². The highest BCUT2D eigenvalue weighted by Gasteiger charge is 2.22. The first kappa shape index (κ1) is 21.9. The van der Waals surface area contributed by atoms with Crippen molar-refractivity contribution in [3.63, 3.8) is 0 Å². The van der Waals surface area contributed by atoms with E-state index in [4.69, 9.17) is 4.74 Å². The van der Waals surface area contributed by atoms with Gasteiger partial charge in [0, 0.05) is 36.0 Å². The average molecular weight is 407 g/mol. The Bertz CT molecular complexity index is 961. The molecule has 3 aromatic rings. The Kier molecular flexibility index (Phi) is 7.95. The Hall–Kier alpha value is -2.75. The Balaban J connectivity index is 1.88. The molecule has 1 amide bonds. The number of amides is 1. The van der Waals surface area contributed by atoms with Crippen molar-refractivity contribution in [2.24, 2.45) is 0 Å². The lowest BCUT2D eigenvalue weighted by Gasteiger charge is -2.18. The Morgan fingerprint density at radius 2 is 1.93 bits per heavy atom. The lowest BCUT2D eigenvalue weighted by Crippen LogP contribution is -2.26. The molecule has 0 bridgehead atoms. The lowest BCUT2D eigenvalue weighted by molar-refractivity contribution is -0.121. The number of aromatic nitrogens is 1. The zero-order chi connectivity index (χ0) is 21.3. The summed E-state index contributed by atoms with van der Waals surface area (Å²) in [5.74, 6) is 0.878. The van der Waals surface area contributed by atoms with Gasteiger partial charge in [0.25, 0.3) is 0 Å². The molecule has 2 aromatic carbocycles. The van der Waals surface area contributed by atoms with E-state index in [0.717, 1.165) is 36.3 Å². The zero-order valence-corrected chi connectivity index (χ0v) is 18.5. The van der Waals surface area contributed by atoms with Crippen molar-refractivity contribution in [1.82, 2.24) is 10.3 Å². The smallest absolute Gasteiger partial charge is 0.220 e. The largest absolute Gasteiger partial charge is 0.497 e. The number of carbonyl (C=O) groups is 1.